The summed E-state index contributed by atoms with van der Waals surface area (Å²) in [5.41, 5.74) is 1.35. The maximum absolute atomic E-state index is 12.4. The number of aromatic amines is 1. The molecule has 0 aliphatic heterocycles. The van der Waals surface area contributed by atoms with Crippen molar-refractivity contribution in [2.45, 2.75) is 57.7 Å². The van der Waals surface area contributed by atoms with Crippen LogP contribution < -0.4 is 16.6 Å². The van der Waals surface area contributed by atoms with Crippen LogP contribution in [0.4, 0.5) is 0 Å². The van der Waals surface area contributed by atoms with Gasteiger partial charge in [0.2, 0.25) is 0 Å². The number of benzene rings is 1. The number of fused-ring (bicyclic) bond motifs is 1. The molecule has 29 heavy (non-hydrogen) atoms. The first-order valence-corrected chi connectivity index (χ1v) is 10.9. The quantitative estimate of drug-likeness (QED) is 0.568. The van der Waals surface area contributed by atoms with Crippen molar-refractivity contribution in [3.05, 3.63) is 61.0 Å². The van der Waals surface area contributed by atoms with Gasteiger partial charge >= 0.3 is 5.69 Å². The largest absolute Gasteiger partial charge is 0.330 e. The van der Waals surface area contributed by atoms with Crippen molar-refractivity contribution in [1.82, 2.24) is 24.4 Å². The van der Waals surface area contributed by atoms with Crippen LogP contribution in [-0.4, -0.2) is 19.1 Å². The molecule has 7 nitrogen and oxygen atoms in total. The van der Waals surface area contributed by atoms with Gasteiger partial charge in [-0.25, -0.2) is 9.78 Å². The maximum Gasteiger partial charge on any atom is 0.330 e. The first kappa shape index (κ1) is 20.1. The molecule has 0 amide bonds. The summed E-state index contributed by atoms with van der Waals surface area (Å²) < 4.78 is 4.45. The summed E-state index contributed by atoms with van der Waals surface area (Å²) in [5.74, 6) is 0.754. The van der Waals surface area contributed by atoms with E-state index in [0.717, 1.165) is 36.0 Å². The van der Waals surface area contributed by atoms with Gasteiger partial charge in [-0.05, 0) is 43.4 Å². The Morgan fingerprint density at radius 2 is 1.97 bits per heavy atom. The van der Waals surface area contributed by atoms with Crippen molar-refractivity contribution < 1.29 is 0 Å². The lowest BCUT2D eigenvalue weighted by Gasteiger charge is -2.43. The Hall–Kier alpha value is -2.19. The number of H-pyrrole nitrogens is 1. The number of nitrogens with zero attached hydrogens (tertiary/aromatic N) is 3. The smallest absolute Gasteiger partial charge is 0.324 e. The van der Waals surface area contributed by atoms with E-state index in [2.05, 4.69) is 57.4 Å². The lowest BCUT2D eigenvalue weighted by molar-refractivity contribution is 0.181. The van der Waals surface area contributed by atoms with Gasteiger partial charge in [0.25, 0.3) is 5.56 Å². The second kappa shape index (κ2) is 7.91. The Morgan fingerprint density at radius 3 is 2.59 bits per heavy atom. The molecule has 0 spiro atoms. The molecule has 1 aromatic carbocycles. The van der Waals surface area contributed by atoms with Crippen LogP contribution in [0.2, 0.25) is 0 Å². The van der Waals surface area contributed by atoms with Gasteiger partial charge in [-0.1, -0.05) is 41.4 Å². The van der Waals surface area contributed by atoms with Gasteiger partial charge in [-0.2, -0.15) is 0 Å². The summed E-state index contributed by atoms with van der Waals surface area (Å²) in [6.45, 7) is 3.15. The first-order valence-electron chi connectivity index (χ1n) is 10.1. The second-order valence-corrected chi connectivity index (χ2v) is 8.74. The van der Waals surface area contributed by atoms with Gasteiger partial charge in [-0.3, -0.25) is 14.3 Å². The molecule has 0 unspecified atom stereocenters. The summed E-state index contributed by atoms with van der Waals surface area (Å²) in [5, 5.41) is 3.68. The number of hydrogen-bond acceptors (Lipinski definition) is 4. The van der Waals surface area contributed by atoms with E-state index in [1.807, 2.05) is 7.05 Å². The molecular weight excluding hydrogens is 434 g/mol. The van der Waals surface area contributed by atoms with Gasteiger partial charge < -0.3 is 9.88 Å². The summed E-state index contributed by atoms with van der Waals surface area (Å²) in [4.78, 5) is 31.9. The highest BCUT2D eigenvalue weighted by molar-refractivity contribution is 9.10. The zero-order valence-electron chi connectivity index (χ0n) is 16.8. The summed E-state index contributed by atoms with van der Waals surface area (Å²) in [7, 11) is 1.84. The number of imidazole rings is 1. The molecule has 1 aliphatic rings. The van der Waals surface area contributed by atoms with Crippen LogP contribution in [0.15, 0.2) is 38.3 Å². The molecule has 4 rings (SSSR count). The first-order chi connectivity index (χ1) is 13.9. The minimum atomic E-state index is -0.390. The number of unbranched alkanes of at least 4 members (excludes halogenated alkanes) is 1. The van der Waals surface area contributed by atoms with Gasteiger partial charge in [-0.15, -0.1) is 0 Å². The van der Waals surface area contributed by atoms with Crippen molar-refractivity contribution in [2.75, 3.05) is 0 Å². The summed E-state index contributed by atoms with van der Waals surface area (Å²) in [6, 6.07) is 8.44. The Labute approximate surface area is 177 Å². The number of rotatable bonds is 7. The Bertz CT molecular complexity index is 1140. The molecule has 2 N–H and O–H groups in total. The number of aromatic nitrogens is 4. The van der Waals surface area contributed by atoms with Gasteiger partial charge in [0.1, 0.15) is 5.82 Å². The normalized spacial score (nSPS) is 15.6. The van der Waals surface area contributed by atoms with Crippen LogP contribution in [0, 0.1) is 0 Å². The molecule has 2 heterocycles. The van der Waals surface area contributed by atoms with E-state index >= 15 is 0 Å². The molecule has 0 bridgehead atoms. The lowest BCUT2D eigenvalue weighted by atomic mass is 9.72. The molecular formula is C21H26BrN5O2. The van der Waals surface area contributed by atoms with Crippen LogP contribution >= 0.6 is 15.9 Å². The van der Waals surface area contributed by atoms with E-state index < -0.39 is 0 Å². The van der Waals surface area contributed by atoms with E-state index in [9.17, 15) is 9.59 Å². The average Bonchev–Trinajstić information content (AvgIpc) is 2.99. The molecule has 1 fully saturated rings. The number of halogens is 1. The van der Waals surface area contributed by atoms with Crippen molar-refractivity contribution in [3.8, 4) is 0 Å². The Balaban J connectivity index is 1.67. The van der Waals surface area contributed by atoms with Crippen molar-refractivity contribution in [2.24, 2.45) is 7.05 Å². The maximum atomic E-state index is 12.4. The van der Waals surface area contributed by atoms with E-state index in [0.29, 0.717) is 24.3 Å². The predicted molar refractivity (Wildman–Crippen MR) is 117 cm³/mol. The topological polar surface area (TPSA) is 84.7 Å². The summed E-state index contributed by atoms with van der Waals surface area (Å²) in [6.07, 6.45) is 5.14. The fourth-order valence-corrected chi connectivity index (χ4v) is 4.35. The molecule has 154 valence electrons. The molecule has 0 radical (unpaired) electrons. The zero-order chi connectivity index (χ0) is 20.6. The molecule has 2 aromatic heterocycles. The van der Waals surface area contributed by atoms with E-state index in [1.165, 1.54) is 12.0 Å². The SMILES string of the molecule is CCCCn1c(=O)[nH]c(=O)c2c1nc(CNC1(c3ccc(Br)cc3)CCC1)n2C. The van der Waals surface area contributed by atoms with Crippen molar-refractivity contribution in [1.29, 1.82) is 0 Å². The number of aryl methyl sites for hydroxylation is 2. The van der Waals surface area contributed by atoms with E-state index in [-0.39, 0.29) is 16.8 Å². The Morgan fingerprint density at radius 1 is 1.24 bits per heavy atom. The van der Waals surface area contributed by atoms with E-state index in [4.69, 9.17) is 4.98 Å². The van der Waals surface area contributed by atoms with Gasteiger partial charge in [0.05, 0.1) is 6.54 Å². The highest BCUT2D eigenvalue weighted by Gasteiger charge is 2.38. The van der Waals surface area contributed by atoms with Crippen LogP contribution in [0.25, 0.3) is 11.2 Å². The van der Waals surface area contributed by atoms with Crippen LogP contribution in [0.3, 0.4) is 0 Å². The monoisotopic (exact) mass is 459 g/mol. The fraction of sp³-hybridized carbons (Fsp3) is 0.476. The van der Waals surface area contributed by atoms with Gasteiger partial charge in [0, 0.05) is 23.6 Å². The third-order valence-electron chi connectivity index (χ3n) is 6.03. The van der Waals surface area contributed by atoms with Gasteiger partial charge in [0.15, 0.2) is 11.2 Å². The molecule has 0 saturated heterocycles. The molecule has 1 aliphatic carbocycles. The minimum Gasteiger partial charge on any atom is -0.324 e. The lowest BCUT2D eigenvalue weighted by Crippen LogP contribution is -2.47. The second-order valence-electron chi connectivity index (χ2n) is 7.82. The fourth-order valence-electron chi connectivity index (χ4n) is 4.09. The van der Waals surface area contributed by atoms with Crippen molar-refractivity contribution >= 4 is 27.1 Å². The Kier molecular flexibility index (Phi) is 5.48. The third-order valence-corrected chi connectivity index (χ3v) is 6.56. The average molecular weight is 460 g/mol. The minimum absolute atomic E-state index is 0.0624. The van der Waals surface area contributed by atoms with Crippen LogP contribution in [0.5, 0.6) is 0 Å². The standard InChI is InChI=1S/C21H26BrN5O2/c1-3-4-12-27-18-17(19(28)25-20(27)29)26(2)16(24-18)13-23-21(10-5-11-21)14-6-8-15(22)9-7-14/h6-9,23H,3-5,10-13H2,1-2H3,(H,25,28,29). The molecule has 8 heteroatoms. The number of nitrogens with one attached hydrogen (secondary N) is 2. The number of hydrogen-bond donors (Lipinski definition) is 2. The molecule has 0 atom stereocenters. The van der Waals surface area contributed by atoms with E-state index in [1.54, 1.807) is 9.13 Å². The highest BCUT2D eigenvalue weighted by atomic mass is 79.9. The van der Waals surface area contributed by atoms with Crippen LogP contribution in [0.1, 0.15) is 50.4 Å². The summed E-state index contributed by atoms with van der Waals surface area (Å²) >= 11 is 3.50. The molecule has 3 aromatic rings. The predicted octanol–water partition coefficient (Wildman–Crippen LogP) is 3.15. The van der Waals surface area contributed by atoms with Crippen molar-refractivity contribution in [3.63, 3.8) is 0 Å². The highest BCUT2D eigenvalue weighted by Crippen LogP contribution is 2.41. The zero-order valence-corrected chi connectivity index (χ0v) is 18.4. The third kappa shape index (κ3) is 3.59. The molecule has 1 saturated carbocycles. The van der Waals surface area contributed by atoms with Crippen LogP contribution in [-0.2, 0) is 25.7 Å².